The van der Waals surface area contributed by atoms with E-state index in [1.165, 1.54) is 15.8 Å². The summed E-state index contributed by atoms with van der Waals surface area (Å²) in [7, 11) is 1.61. The van der Waals surface area contributed by atoms with Crippen molar-refractivity contribution in [3.05, 3.63) is 47.3 Å². The number of nitrogens with zero attached hydrogens (tertiary/aromatic N) is 2. The van der Waals surface area contributed by atoms with Crippen LogP contribution in [0.2, 0.25) is 0 Å². The molecule has 3 aromatic rings. The van der Waals surface area contributed by atoms with Crippen molar-refractivity contribution in [2.75, 3.05) is 56.7 Å². The third kappa shape index (κ3) is 6.62. The van der Waals surface area contributed by atoms with Gasteiger partial charge in [0, 0.05) is 60.3 Å². The van der Waals surface area contributed by atoms with E-state index in [0.717, 1.165) is 44.7 Å². The maximum Gasteiger partial charge on any atom is 0.412 e. The number of carbonyl (C=O) groups is 1. The van der Waals surface area contributed by atoms with Crippen LogP contribution in [0.4, 0.5) is 16.2 Å². The van der Waals surface area contributed by atoms with Crippen molar-refractivity contribution in [1.29, 1.82) is 0 Å². The van der Waals surface area contributed by atoms with E-state index in [9.17, 15) is 4.79 Å². The van der Waals surface area contributed by atoms with E-state index in [2.05, 4.69) is 44.8 Å². The molecule has 0 aliphatic carbocycles. The molecular weight excluding hydrogens is 474 g/mol. The number of anilines is 2. The summed E-state index contributed by atoms with van der Waals surface area (Å²) in [5.41, 5.74) is 2.30. The molecule has 1 amide bonds. The van der Waals surface area contributed by atoms with Gasteiger partial charge in [-0.05, 0) is 69.3 Å². The van der Waals surface area contributed by atoms with E-state index < -0.39 is 11.7 Å². The second kappa shape index (κ2) is 11.4. The number of methoxy groups -OCH3 is 1. The molecule has 4 rings (SSSR count). The number of fused-ring (bicyclic) bond motifs is 1. The molecule has 1 aliphatic rings. The Morgan fingerprint density at radius 3 is 2.61 bits per heavy atom. The van der Waals surface area contributed by atoms with Gasteiger partial charge in [0.15, 0.2) is 11.5 Å². The molecule has 0 radical (unpaired) electrons. The van der Waals surface area contributed by atoms with E-state index >= 15 is 0 Å². The molecule has 36 heavy (non-hydrogen) atoms. The molecule has 7 nitrogen and oxygen atoms in total. The Hall–Kier alpha value is -2.97. The first kappa shape index (κ1) is 26.1. The van der Waals surface area contributed by atoms with Gasteiger partial charge >= 0.3 is 6.09 Å². The van der Waals surface area contributed by atoms with Crippen molar-refractivity contribution in [2.45, 2.75) is 39.7 Å². The second-order valence-electron chi connectivity index (χ2n) is 10.1. The maximum atomic E-state index is 12.1. The highest BCUT2D eigenvalue weighted by Crippen LogP contribution is 2.35. The lowest BCUT2D eigenvalue weighted by Gasteiger charge is -2.36. The van der Waals surface area contributed by atoms with Crippen molar-refractivity contribution < 1.29 is 19.0 Å². The van der Waals surface area contributed by atoms with Gasteiger partial charge in [0.2, 0.25) is 0 Å². The summed E-state index contributed by atoms with van der Waals surface area (Å²) in [6.45, 7) is 13.2. The fourth-order valence-electron chi connectivity index (χ4n) is 4.50. The number of thiophene rings is 1. The summed E-state index contributed by atoms with van der Waals surface area (Å²) in [6, 6.07) is 12.5. The number of amides is 1. The molecular formula is C28H37N3O4S. The third-order valence-corrected chi connectivity index (χ3v) is 7.04. The van der Waals surface area contributed by atoms with Crippen molar-refractivity contribution in [3.63, 3.8) is 0 Å². The minimum Gasteiger partial charge on any atom is -0.493 e. The predicted molar refractivity (Wildman–Crippen MR) is 148 cm³/mol. The van der Waals surface area contributed by atoms with Gasteiger partial charge in [0.25, 0.3) is 0 Å². The number of rotatable bonds is 8. The van der Waals surface area contributed by atoms with Gasteiger partial charge in [-0.1, -0.05) is 6.07 Å². The first-order chi connectivity index (χ1) is 17.2. The van der Waals surface area contributed by atoms with Crippen LogP contribution in [0.3, 0.4) is 0 Å². The Bertz CT molecular complexity index is 1180. The number of aryl methyl sites for hydroxylation is 1. The molecule has 1 fully saturated rings. The zero-order valence-electron chi connectivity index (χ0n) is 21.9. The molecule has 1 N–H and O–H groups in total. The van der Waals surface area contributed by atoms with Crippen molar-refractivity contribution >= 4 is 38.9 Å². The number of hydrogen-bond acceptors (Lipinski definition) is 7. The van der Waals surface area contributed by atoms with Crippen LogP contribution in [0, 0.1) is 6.92 Å². The Morgan fingerprint density at radius 2 is 1.89 bits per heavy atom. The lowest BCUT2D eigenvalue weighted by Crippen LogP contribution is -2.46. The van der Waals surface area contributed by atoms with E-state index in [4.69, 9.17) is 14.2 Å². The average molecular weight is 512 g/mol. The number of hydrogen-bond donors (Lipinski definition) is 1. The molecule has 1 aliphatic heterocycles. The van der Waals surface area contributed by atoms with Gasteiger partial charge in [-0.15, -0.1) is 11.3 Å². The highest BCUT2D eigenvalue weighted by Gasteiger charge is 2.20. The third-order valence-electron chi connectivity index (χ3n) is 6.16. The van der Waals surface area contributed by atoms with Crippen molar-refractivity contribution in [1.82, 2.24) is 4.90 Å². The van der Waals surface area contributed by atoms with Crippen LogP contribution in [0.15, 0.2) is 41.8 Å². The Morgan fingerprint density at radius 1 is 1.11 bits per heavy atom. The van der Waals surface area contributed by atoms with Gasteiger partial charge in [0.05, 0.1) is 13.7 Å². The molecule has 1 aromatic heterocycles. The summed E-state index contributed by atoms with van der Waals surface area (Å²) in [4.78, 5) is 17.1. The normalized spacial score (nSPS) is 14.6. The average Bonchev–Trinajstić information content (AvgIpc) is 3.31. The fraction of sp³-hybridized carbons (Fsp3) is 0.464. The Balaban J connectivity index is 1.25. The highest BCUT2D eigenvalue weighted by molar-refractivity contribution is 7.17. The summed E-state index contributed by atoms with van der Waals surface area (Å²) < 4.78 is 18.4. The molecule has 194 valence electrons. The van der Waals surface area contributed by atoms with Crippen LogP contribution in [-0.2, 0) is 4.74 Å². The number of benzene rings is 2. The molecule has 0 atom stereocenters. The number of carbonyl (C=O) groups excluding carboxylic acids is 1. The van der Waals surface area contributed by atoms with Gasteiger partial charge in [0.1, 0.15) is 5.60 Å². The standard InChI is InChI=1S/C28H37N3O4S/c1-20-18-21(29-27(32)35-28(2,3)4)19-24(33-5)26(20)34-16-7-11-30-12-14-31(15-13-30)23-8-6-9-25-22(23)10-17-36-25/h6,8-10,17-19H,7,11-16H2,1-5H3,(H,29,32). The molecule has 0 unspecified atom stereocenters. The van der Waals surface area contributed by atoms with Gasteiger partial charge in [-0.3, -0.25) is 10.2 Å². The van der Waals surface area contributed by atoms with E-state index in [-0.39, 0.29) is 0 Å². The first-order valence-corrected chi connectivity index (χ1v) is 13.4. The predicted octanol–water partition coefficient (Wildman–Crippen LogP) is 6.16. The zero-order valence-corrected chi connectivity index (χ0v) is 22.7. The first-order valence-electron chi connectivity index (χ1n) is 12.5. The van der Waals surface area contributed by atoms with Crippen LogP contribution >= 0.6 is 11.3 Å². The van der Waals surface area contributed by atoms with Gasteiger partial charge in [-0.2, -0.15) is 0 Å². The smallest absolute Gasteiger partial charge is 0.412 e. The van der Waals surface area contributed by atoms with Crippen LogP contribution in [-0.4, -0.2) is 63.0 Å². The van der Waals surface area contributed by atoms with Crippen LogP contribution in [0.5, 0.6) is 11.5 Å². The molecule has 2 aromatic carbocycles. The number of piperazine rings is 1. The second-order valence-corrected chi connectivity index (χ2v) is 11.0. The molecule has 0 saturated carbocycles. The van der Waals surface area contributed by atoms with Gasteiger partial charge in [-0.25, -0.2) is 4.79 Å². The molecule has 0 bridgehead atoms. The van der Waals surface area contributed by atoms with E-state index in [1.54, 1.807) is 24.5 Å². The van der Waals surface area contributed by atoms with Crippen LogP contribution in [0.25, 0.3) is 10.1 Å². The largest absolute Gasteiger partial charge is 0.493 e. The lowest BCUT2D eigenvalue weighted by molar-refractivity contribution is 0.0636. The van der Waals surface area contributed by atoms with Crippen LogP contribution in [0.1, 0.15) is 32.8 Å². The molecule has 8 heteroatoms. The summed E-state index contributed by atoms with van der Waals surface area (Å²) in [6.07, 6.45) is 0.436. The Labute approximate surface area is 217 Å². The SMILES string of the molecule is COc1cc(NC(=O)OC(C)(C)C)cc(C)c1OCCCN1CCN(c2cccc3sccc23)CC1. The lowest BCUT2D eigenvalue weighted by atomic mass is 10.1. The van der Waals surface area contributed by atoms with E-state index in [1.807, 2.05) is 33.8 Å². The minimum atomic E-state index is -0.559. The minimum absolute atomic E-state index is 0.496. The molecule has 1 saturated heterocycles. The molecule has 0 spiro atoms. The summed E-state index contributed by atoms with van der Waals surface area (Å²) in [5, 5.41) is 6.30. The summed E-state index contributed by atoms with van der Waals surface area (Å²) in [5.74, 6) is 1.30. The van der Waals surface area contributed by atoms with Crippen LogP contribution < -0.4 is 19.7 Å². The molecule has 2 heterocycles. The number of nitrogens with one attached hydrogen (secondary N) is 1. The van der Waals surface area contributed by atoms with Gasteiger partial charge < -0.3 is 19.1 Å². The topological polar surface area (TPSA) is 63.3 Å². The highest BCUT2D eigenvalue weighted by atomic mass is 32.1. The van der Waals surface area contributed by atoms with E-state index in [0.29, 0.717) is 23.8 Å². The maximum absolute atomic E-state index is 12.1. The van der Waals surface area contributed by atoms with Crippen molar-refractivity contribution in [2.24, 2.45) is 0 Å². The quantitative estimate of drug-likeness (QED) is 0.366. The monoisotopic (exact) mass is 511 g/mol. The number of ether oxygens (including phenoxy) is 3. The van der Waals surface area contributed by atoms with Crippen molar-refractivity contribution in [3.8, 4) is 11.5 Å². The summed E-state index contributed by atoms with van der Waals surface area (Å²) >= 11 is 1.80. The fourth-order valence-corrected chi connectivity index (χ4v) is 5.31. The zero-order chi connectivity index (χ0) is 25.7. The Kier molecular flexibility index (Phi) is 8.26.